The molecule has 6 heteroatoms. The number of likely N-dealkylation sites (tertiary alicyclic amines) is 1. The van der Waals surface area contributed by atoms with Gasteiger partial charge in [0.2, 0.25) is 0 Å². The molecular weight excluding hydrogens is 318 g/mol. The fourth-order valence-corrected chi connectivity index (χ4v) is 4.55. The molecule has 1 aliphatic carbocycles. The number of rotatable bonds is 4. The lowest BCUT2D eigenvalue weighted by Gasteiger charge is -2.43. The van der Waals surface area contributed by atoms with Crippen LogP contribution < -0.4 is 5.56 Å². The minimum atomic E-state index is -0.0824. The lowest BCUT2D eigenvalue weighted by Crippen LogP contribution is -2.51. The molecule has 0 radical (unpaired) electrons. The molecular formula is C19H25N3O3. The van der Waals surface area contributed by atoms with Crippen LogP contribution in [0.3, 0.4) is 0 Å². The Morgan fingerprint density at radius 1 is 1.32 bits per heavy atom. The predicted octanol–water partition coefficient (Wildman–Crippen LogP) is 1.85. The summed E-state index contributed by atoms with van der Waals surface area (Å²) in [6.07, 6.45) is 6.10. The van der Waals surface area contributed by atoms with Crippen LogP contribution in [0, 0.1) is 0 Å². The summed E-state index contributed by atoms with van der Waals surface area (Å²) in [6, 6.07) is 7.58. The van der Waals surface area contributed by atoms with E-state index in [0.717, 1.165) is 37.9 Å². The lowest BCUT2D eigenvalue weighted by atomic mass is 9.79. The molecule has 6 nitrogen and oxygen atoms in total. The summed E-state index contributed by atoms with van der Waals surface area (Å²) in [4.78, 5) is 19.4. The summed E-state index contributed by atoms with van der Waals surface area (Å²) in [7, 11) is 3.61. The maximum Gasteiger partial charge on any atom is 0.258 e. The number of fused-ring (bicyclic) bond motifs is 2. The summed E-state index contributed by atoms with van der Waals surface area (Å²) in [5.74, 6) is 0. The molecule has 134 valence electrons. The van der Waals surface area contributed by atoms with E-state index >= 15 is 0 Å². The monoisotopic (exact) mass is 343 g/mol. The molecule has 3 atom stereocenters. The van der Waals surface area contributed by atoms with Gasteiger partial charge in [-0.2, -0.15) is 0 Å². The second kappa shape index (κ2) is 6.52. The van der Waals surface area contributed by atoms with Gasteiger partial charge in [0.05, 0.1) is 17.4 Å². The molecule has 2 aromatic heterocycles. The van der Waals surface area contributed by atoms with Crippen molar-refractivity contribution < 1.29 is 9.47 Å². The molecule has 3 heterocycles. The van der Waals surface area contributed by atoms with E-state index in [0.29, 0.717) is 18.2 Å². The zero-order valence-corrected chi connectivity index (χ0v) is 14.9. The van der Waals surface area contributed by atoms with Crippen LogP contribution in [0.15, 0.2) is 35.3 Å². The van der Waals surface area contributed by atoms with Crippen LogP contribution in [0.5, 0.6) is 0 Å². The van der Waals surface area contributed by atoms with Crippen LogP contribution in [0.1, 0.15) is 31.4 Å². The van der Waals surface area contributed by atoms with Crippen LogP contribution in [-0.4, -0.2) is 52.8 Å². The quantitative estimate of drug-likeness (QED) is 0.848. The third-order valence-electron chi connectivity index (χ3n) is 5.97. The van der Waals surface area contributed by atoms with Gasteiger partial charge in [0.15, 0.2) is 0 Å². The van der Waals surface area contributed by atoms with E-state index in [4.69, 9.17) is 9.47 Å². The first-order valence-electron chi connectivity index (χ1n) is 8.94. The van der Waals surface area contributed by atoms with E-state index in [1.807, 2.05) is 25.3 Å². The Labute approximate surface area is 147 Å². The zero-order chi connectivity index (χ0) is 17.4. The van der Waals surface area contributed by atoms with Gasteiger partial charge in [-0.3, -0.25) is 14.1 Å². The molecule has 4 rings (SSSR count). The van der Waals surface area contributed by atoms with Gasteiger partial charge in [0, 0.05) is 45.6 Å². The first-order chi connectivity index (χ1) is 12.1. The second-order valence-electron chi connectivity index (χ2n) is 7.15. The van der Waals surface area contributed by atoms with Crippen molar-refractivity contribution in [2.24, 2.45) is 0 Å². The summed E-state index contributed by atoms with van der Waals surface area (Å²) < 4.78 is 13.2. The molecule has 0 unspecified atom stereocenters. The smallest absolute Gasteiger partial charge is 0.258 e. The third kappa shape index (κ3) is 2.88. The Balaban J connectivity index is 1.61. The van der Waals surface area contributed by atoms with E-state index in [-0.39, 0.29) is 17.3 Å². The van der Waals surface area contributed by atoms with Crippen molar-refractivity contribution in [3.05, 3.63) is 46.5 Å². The Morgan fingerprint density at radius 3 is 3.00 bits per heavy atom. The molecule has 2 fully saturated rings. The van der Waals surface area contributed by atoms with Gasteiger partial charge in [0.25, 0.3) is 5.56 Å². The van der Waals surface area contributed by atoms with Crippen LogP contribution >= 0.6 is 0 Å². The highest BCUT2D eigenvalue weighted by molar-refractivity contribution is 5.38. The van der Waals surface area contributed by atoms with Gasteiger partial charge in [0.1, 0.15) is 5.65 Å². The number of nitrogens with zero attached hydrogens (tertiary/aromatic N) is 3. The zero-order valence-electron chi connectivity index (χ0n) is 14.9. The fourth-order valence-electron chi connectivity index (χ4n) is 4.55. The van der Waals surface area contributed by atoms with Gasteiger partial charge >= 0.3 is 0 Å². The molecule has 1 saturated heterocycles. The van der Waals surface area contributed by atoms with Crippen LogP contribution in [0.25, 0.3) is 5.65 Å². The fraction of sp³-hybridized carbons (Fsp3) is 0.579. The highest BCUT2D eigenvalue weighted by atomic mass is 16.5. The molecule has 0 bridgehead atoms. The summed E-state index contributed by atoms with van der Waals surface area (Å²) in [6.45, 7) is 1.64. The first kappa shape index (κ1) is 16.7. The van der Waals surface area contributed by atoms with Gasteiger partial charge in [-0.25, -0.2) is 4.98 Å². The average Bonchev–Trinajstić information content (AvgIpc) is 3.00. The number of ether oxygens (including phenoxy) is 2. The molecule has 0 spiro atoms. The Bertz CT molecular complexity index is 821. The summed E-state index contributed by atoms with van der Waals surface area (Å²) >= 11 is 0. The average molecular weight is 343 g/mol. The first-order valence-corrected chi connectivity index (χ1v) is 8.94. The molecule has 1 aliphatic heterocycles. The van der Waals surface area contributed by atoms with Gasteiger partial charge < -0.3 is 9.47 Å². The van der Waals surface area contributed by atoms with Gasteiger partial charge in [-0.15, -0.1) is 0 Å². The van der Waals surface area contributed by atoms with Crippen molar-refractivity contribution >= 4 is 5.65 Å². The molecule has 2 aromatic rings. The molecule has 1 saturated carbocycles. The van der Waals surface area contributed by atoms with Crippen molar-refractivity contribution in [2.45, 2.75) is 50.0 Å². The number of hydrogen-bond acceptors (Lipinski definition) is 5. The maximum atomic E-state index is 12.3. The van der Waals surface area contributed by atoms with E-state index in [1.165, 1.54) is 0 Å². The Morgan fingerprint density at radius 2 is 2.20 bits per heavy atom. The number of hydrogen-bond donors (Lipinski definition) is 0. The molecule has 2 aliphatic rings. The maximum absolute atomic E-state index is 12.3. The minimum Gasteiger partial charge on any atom is -0.381 e. The number of aromatic nitrogens is 2. The SMILES string of the molecule is CO[C@H]1CC[C@@]2(OC)CCN(Cc3cc(=O)n4ccccc4n3)[C@H]2C1. The van der Waals surface area contributed by atoms with E-state index in [9.17, 15) is 4.79 Å². The topological polar surface area (TPSA) is 56.1 Å². The highest BCUT2D eigenvalue weighted by Gasteiger charge is 2.51. The standard InChI is InChI=1S/C19H25N3O3/c1-24-15-6-7-19(25-2)8-10-21(16(19)12-15)13-14-11-18(23)22-9-4-3-5-17(22)20-14/h3-5,9,11,15-16H,6-8,10,12-13H2,1-2H3/t15-,16-,19+/m0/s1. The van der Waals surface area contributed by atoms with E-state index in [1.54, 1.807) is 23.8 Å². The van der Waals surface area contributed by atoms with Crippen LogP contribution in [0.2, 0.25) is 0 Å². The predicted molar refractivity (Wildman–Crippen MR) is 94.7 cm³/mol. The van der Waals surface area contributed by atoms with Crippen LogP contribution in [-0.2, 0) is 16.0 Å². The minimum absolute atomic E-state index is 0.0313. The summed E-state index contributed by atoms with van der Waals surface area (Å²) in [5.41, 5.74) is 1.40. The molecule has 25 heavy (non-hydrogen) atoms. The van der Waals surface area contributed by atoms with E-state index in [2.05, 4.69) is 9.88 Å². The highest BCUT2D eigenvalue weighted by Crippen LogP contribution is 2.43. The molecule has 0 amide bonds. The van der Waals surface area contributed by atoms with E-state index < -0.39 is 0 Å². The van der Waals surface area contributed by atoms with Crippen LogP contribution in [0.4, 0.5) is 0 Å². The molecule has 0 N–H and O–H groups in total. The summed E-state index contributed by atoms with van der Waals surface area (Å²) in [5, 5.41) is 0. The Kier molecular flexibility index (Phi) is 4.35. The lowest BCUT2D eigenvalue weighted by molar-refractivity contribution is -0.0948. The van der Waals surface area contributed by atoms with Crippen molar-refractivity contribution in [1.82, 2.24) is 14.3 Å². The van der Waals surface area contributed by atoms with Crippen molar-refractivity contribution in [1.29, 1.82) is 0 Å². The van der Waals surface area contributed by atoms with Crippen molar-refractivity contribution in [2.75, 3.05) is 20.8 Å². The number of methoxy groups -OCH3 is 2. The normalized spacial score (nSPS) is 29.8. The van der Waals surface area contributed by atoms with Gasteiger partial charge in [-0.1, -0.05) is 6.07 Å². The molecule has 0 aromatic carbocycles. The Hall–Kier alpha value is -1.76. The third-order valence-corrected chi connectivity index (χ3v) is 5.97. The number of pyridine rings is 1. The second-order valence-corrected chi connectivity index (χ2v) is 7.15. The van der Waals surface area contributed by atoms with Gasteiger partial charge in [-0.05, 0) is 37.8 Å². The van der Waals surface area contributed by atoms with Crippen molar-refractivity contribution in [3.63, 3.8) is 0 Å². The largest absolute Gasteiger partial charge is 0.381 e. The van der Waals surface area contributed by atoms with Crippen molar-refractivity contribution in [3.8, 4) is 0 Å².